The molecular weight excluding hydrogens is 248 g/mol. The molecule has 4 heteroatoms. The second-order valence-corrected chi connectivity index (χ2v) is 6.46. The minimum atomic E-state index is 0.596. The van der Waals surface area contributed by atoms with E-state index in [4.69, 9.17) is 0 Å². The van der Waals surface area contributed by atoms with Gasteiger partial charge in [0, 0.05) is 31.7 Å². The fourth-order valence-electron chi connectivity index (χ4n) is 3.03. The van der Waals surface area contributed by atoms with E-state index in [-0.39, 0.29) is 0 Å². The smallest absolute Gasteiger partial charge is 0.0597 e. The zero-order chi connectivity index (χ0) is 14.7. The molecule has 20 heavy (non-hydrogen) atoms. The summed E-state index contributed by atoms with van der Waals surface area (Å²) in [4.78, 5) is 2.62. The Hall–Kier alpha value is -0.870. The normalized spacial score (nSPS) is 25.1. The van der Waals surface area contributed by atoms with E-state index in [1.54, 1.807) is 0 Å². The van der Waals surface area contributed by atoms with Crippen LogP contribution in [0.25, 0.3) is 0 Å². The summed E-state index contributed by atoms with van der Waals surface area (Å²) in [7, 11) is 0. The lowest BCUT2D eigenvalue weighted by atomic mass is 10.0. The molecule has 114 valence electrons. The highest BCUT2D eigenvalue weighted by atomic mass is 15.3. The Morgan fingerprint density at radius 1 is 1.45 bits per heavy atom. The van der Waals surface area contributed by atoms with Crippen LogP contribution in [0.1, 0.15) is 45.5 Å². The molecule has 1 fully saturated rings. The molecule has 1 saturated heterocycles. The molecular formula is C16H30N4. The van der Waals surface area contributed by atoms with Gasteiger partial charge >= 0.3 is 0 Å². The second-order valence-electron chi connectivity index (χ2n) is 6.46. The van der Waals surface area contributed by atoms with E-state index < -0.39 is 0 Å². The van der Waals surface area contributed by atoms with E-state index in [0.717, 1.165) is 31.9 Å². The van der Waals surface area contributed by atoms with Crippen molar-refractivity contribution >= 4 is 0 Å². The van der Waals surface area contributed by atoms with Gasteiger partial charge in [0.1, 0.15) is 0 Å². The van der Waals surface area contributed by atoms with Gasteiger partial charge in [-0.3, -0.25) is 9.58 Å². The third kappa shape index (κ3) is 3.61. The largest absolute Gasteiger partial charge is 0.312 e. The molecule has 2 rings (SSSR count). The number of rotatable bonds is 4. The first-order valence-electron chi connectivity index (χ1n) is 8.02. The van der Waals surface area contributed by atoms with Gasteiger partial charge in [-0.25, -0.2) is 0 Å². The second kappa shape index (κ2) is 6.72. The van der Waals surface area contributed by atoms with E-state index in [9.17, 15) is 0 Å². The van der Waals surface area contributed by atoms with Crippen molar-refractivity contribution in [3.05, 3.63) is 17.5 Å². The number of aromatic nitrogens is 2. The molecule has 1 N–H and O–H groups in total. The lowest BCUT2D eigenvalue weighted by molar-refractivity contribution is 0.179. The van der Waals surface area contributed by atoms with Crippen molar-refractivity contribution in [2.45, 2.75) is 66.2 Å². The quantitative estimate of drug-likeness (QED) is 0.918. The van der Waals surface area contributed by atoms with Crippen LogP contribution in [0.2, 0.25) is 0 Å². The predicted molar refractivity (Wildman–Crippen MR) is 83.8 cm³/mol. The van der Waals surface area contributed by atoms with Crippen LogP contribution < -0.4 is 5.32 Å². The first kappa shape index (κ1) is 15.5. The number of nitrogens with one attached hydrogen (secondary N) is 1. The summed E-state index contributed by atoms with van der Waals surface area (Å²) < 4.78 is 2.14. The van der Waals surface area contributed by atoms with Gasteiger partial charge in [0.15, 0.2) is 0 Å². The number of nitrogens with zero attached hydrogens (tertiary/aromatic N) is 3. The van der Waals surface area contributed by atoms with Gasteiger partial charge in [-0.2, -0.15) is 5.10 Å². The van der Waals surface area contributed by atoms with Crippen molar-refractivity contribution in [1.82, 2.24) is 20.0 Å². The van der Waals surface area contributed by atoms with Crippen LogP contribution in [0.4, 0.5) is 0 Å². The maximum atomic E-state index is 4.57. The Labute approximate surface area is 123 Å². The standard InChI is InChI=1S/C16H30N4/c1-6-20-15(9-13(4)18-20)10-19-11-16(12(2)3)17-8-7-14(19)5/h9,12,14,16-17H,6-8,10-11H2,1-5H3. The molecule has 0 aliphatic carbocycles. The fraction of sp³-hybridized carbons (Fsp3) is 0.812. The molecule has 1 aromatic rings. The minimum Gasteiger partial charge on any atom is -0.312 e. The average Bonchev–Trinajstić information content (AvgIpc) is 2.64. The molecule has 0 saturated carbocycles. The summed E-state index contributed by atoms with van der Waals surface area (Å²) in [5.74, 6) is 0.681. The predicted octanol–water partition coefficient (Wildman–Crippen LogP) is 2.42. The Morgan fingerprint density at radius 3 is 2.85 bits per heavy atom. The molecule has 0 radical (unpaired) electrons. The van der Waals surface area contributed by atoms with Gasteiger partial charge in [0.25, 0.3) is 0 Å². The highest BCUT2D eigenvalue weighted by molar-refractivity contribution is 5.09. The Morgan fingerprint density at radius 2 is 2.20 bits per heavy atom. The molecule has 2 atom stereocenters. The summed E-state index contributed by atoms with van der Waals surface area (Å²) in [5.41, 5.74) is 2.48. The fourth-order valence-corrected chi connectivity index (χ4v) is 3.03. The number of aryl methyl sites for hydroxylation is 2. The van der Waals surface area contributed by atoms with Gasteiger partial charge in [-0.05, 0) is 45.7 Å². The van der Waals surface area contributed by atoms with Crippen LogP contribution in [0.3, 0.4) is 0 Å². The van der Waals surface area contributed by atoms with Crippen LogP contribution in [0.15, 0.2) is 6.07 Å². The minimum absolute atomic E-state index is 0.596. The number of hydrogen-bond acceptors (Lipinski definition) is 3. The molecule has 2 heterocycles. The summed E-state index contributed by atoms with van der Waals surface area (Å²) in [6.45, 7) is 15.5. The molecule has 0 bridgehead atoms. The first-order valence-corrected chi connectivity index (χ1v) is 8.02. The van der Waals surface area contributed by atoms with Gasteiger partial charge in [-0.1, -0.05) is 13.8 Å². The monoisotopic (exact) mass is 278 g/mol. The van der Waals surface area contributed by atoms with Gasteiger partial charge in [-0.15, -0.1) is 0 Å². The van der Waals surface area contributed by atoms with Crippen molar-refractivity contribution in [3.63, 3.8) is 0 Å². The van der Waals surface area contributed by atoms with Crippen LogP contribution in [-0.2, 0) is 13.1 Å². The van der Waals surface area contributed by atoms with E-state index >= 15 is 0 Å². The van der Waals surface area contributed by atoms with Crippen LogP contribution >= 0.6 is 0 Å². The molecule has 0 spiro atoms. The molecule has 1 aliphatic rings. The SMILES string of the molecule is CCn1nc(C)cc1CN1CC(C(C)C)NCCC1C. The van der Waals surface area contributed by atoms with Crippen LogP contribution in [0, 0.1) is 12.8 Å². The van der Waals surface area contributed by atoms with E-state index in [0.29, 0.717) is 18.0 Å². The van der Waals surface area contributed by atoms with Crippen molar-refractivity contribution in [2.75, 3.05) is 13.1 Å². The summed E-state index contributed by atoms with van der Waals surface area (Å²) in [6.07, 6.45) is 1.22. The average molecular weight is 278 g/mol. The maximum absolute atomic E-state index is 4.57. The molecule has 0 amide bonds. The van der Waals surface area contributed by atoms with Gasteiger partial charge in [0.05, 0.1) is 11.4 Å². The molecule has 2 unspecified atom stereocenters. The lowest BCUT2D eigenvalue weighted by Gasteiger charge is -2.30. The van der Waals surface area contributed by atoms with Gasteiger partial charge in [0.2, 0.25) is 0 Å². The van der Waals surface area contributed by atoms with Crippen molar-refractivity contribution in [3.8, 4) is 0 Å². The van der Waals surface area contributed by atoms with Crippen molar-refractivity contribution < 1.29 is 0 Å². The van der Waals surface area contributed by atoms with E-state index in [1.807, 2.05) is 0 Å². The summed E-state index contributed by atoms with van der Waals surface area (Å²) in [6, 6.07) is 3.46. The third-order valence-electron chi connectivity index (χ3n) is 4.48. The molecule has 4 nitrogen and oxygen atoms in total. The van der Waals surface area contributed by atoms with E-state index in [2.05, 4.69) is 60.7 Å². The molecule has 1 aliphatic heterocycles. The zero-order valence-corrected chi connectivity index (χ0v) is 13.7. The Balaban J connectivity index is 2.11. The van der Waals surface area contributed by atoms with E-state index in [1.165, 1.54) is 12.1 Å². The lowest BCUT2D eigenvalue weighted by Crippen LogP contribution is -2.42. The van der Waals surface area contributed by atoms with Crippen LogP contribution in [-0.4, -0.2) is 39.9 Å². The Kier molecular flexibility index (Phi) is 5.22. The zero-order valence-electron chi connectivity index (χ0n) is 13.7. The topological polar surface area (TPSA) is 33.1 Å². The van der Waals surface area contributed by atoms with Gasteiger partial charge < -0.3 is 5.32 Å². The van der Waals surface area contributed by atoms with Crippen molar-refractivity contribution in [1.29, 1.82) is 0 Å². The molecule has 0 aromatic carbocycles. The van der Waals surface area contributed by atoms with Crippen LogP contribution in [0.5, 0.6) is 0 Å². The number of hydrogen-bond donors (Lipinski definition) is 1. The third-order valence-corrected chi connectivity index (χ3v) is 4.48. The highest BCUT2D eigenvalue weighted by Crippen LogP contribution is 2.17. The molecule has 1 aromatic heterocycles. The summed E-state index contributed by atoms with van der Waals surface area (Å²) in [5, 5.41) is 8.27. The highest BCUT2D eigenvalue weighted by Gasteiger charge is 2.25. The maximum Gasteiger partial charge on any atom is 0.0597 e. The Bertz CT molecular complexity index is 424. The summed E-state index contributed by atoms with van der Waals surface area (Å²) >= 11 is 0. The first-order chi connectivity index (χ1) is 9.51. The van der Waals surface area contributed by atoms with Crippen molar-refractivity contribution in [2.24, 2.45) is 5.92 Å².